The van der Waals surface area contributed by atoms with Gasteiger partial charge in [0.25, 0.3) is 5.91 Å². The third kappa shape index (κ3) is 9.04. The van der Waals surface area contributed by atoms with Crippen molar-refractivity contribution in [3.8, 4) is 18.4 Å². The Kier molecular flexibility index (Phi) is 12.6. The molecule has 1 aliphatic rings. The zero-order valence-electron chi connectivity index (χ0n) is 20.5. The second-order valence-electron chi connectivity index (χ2n) is 7.76. The van der Waals surface area contributed by atoms with Crippen molar-refractivity contribution in [1.29, 1.82) is 5.26 Å². The molecule has 1 aliphatic heterocycles. The predicted molar refractivity (Wildman–Crippen MR) is 137 cm³/mol. The van der Waals surface area contributed by atoms with E-state index in [4.69, 9.17) is 15.9 Å². The molecule has 0 bridgehead atoms. The lowest BCUT2D eigenvalue weighted by Crippen LogP contribution is -2.38. The van der Waals surface area contributed by atoms with Gasteiger partial charge in [0, 0.05) is 26.6 Å². The van der Waals surface area contributed by atoms with Crippen LogP contribution in [0.2, 0.25) is 0 Å². The van der Waals surface area contributed by atoms with Crippen molar-refractivity contribution in [3.63, 3.8) is 0 Å². The number of nitrogens with zero attached hydrogens (tertiary/aromatic N) is 3. The fraction of sp³-hybridized carbons (Fsp3) is 0.542. The summed E-state index contributed by atoms with van der Waals surface area (Å²) in [4.78, 5) is 43.1. The van der Waals surface area contributed by atoms with Crippen LogP contribution in [0.1, 0.15) is 19.8 Å². The van der Waals surface area contributed by atoms with Gasteiger partial charge in [0.2, 0.25) is 11.8 Å². The summed E-state index contributed by atoms with van der Waals surface area (Å²) in [6, 6.07) is 7.21. The molecule has 0 aliphatic carbocycles. The molecule has 12 heteroatoms. The highest BCUT2D eigenvalue weighted by Crippen LogP contribution is 2.36. The second kappa shape index (κ2) is 15.6. The van der Waals surface area contributed by atoms with Gasteiger partial charge < -0.3 is 30.3 Å². The lowest BCUT2D eigenvalue weighted by Gasteiger charge is -2.23. The Labute approximate surface area is 215 Å². The number of aromatic nitrogens is 1. The molecule has 1 aromatic rings. The number of ether oxygens (including phenoxy) is 2. The van der Waals surface area contributed by atoms with Gasteiger partial charge in [-0.25, -0.2) is 4.98 Å². The maximum Gasteiger partial charge on any atom is 0.251 e. The summed E-state index contributed by atoms with van der Waals surface area (Å²) in [6.07, 6.45) is 5.93. The second-order valence-corrected chi connectivity index (χ2v) is 9.15. The van der Waals surface area contributed by atoms with Crippen LogP contribution in [0.25, 0.3) is 0 Å². The summed E-state index contributed by atoms with van der Waals surface area (Å²) >= 11 is 1.46. The summed E-state index contributed by atoms with van der Waals surface area (Å²) in [6.45, 7) is 3.52. The molecule has 0 saturated carbocycles. The van der Waals surface area contributed by atoms with E-state index in [-0.39, 0.29) is 42.0 Å². The zero-order valence-corrected chi connectivity index (χ0v) is 21.3. The molecular formula is C24H32N6O5S. The number of carbonyl (C=O) groups is 3. The van der Waals surface area contributed by atoms with E-state index in [2.05, 4.69) is 26.9 Å². The maximum absolute atomic E-state index is 12.9. The summed E-state index contributed by atoms with van der Waals surface area (Å²) in [7, 11) is 1.55. The molecule has 194 valence electrons. The molecule has 2 rings (SSSR count). The number of anilines is 2. The minimum Gasteiger partial charge on any atom is -0.382 e. The van der Waals surface area contributed by atoms with Crippen molar-refractivity contribution in [1.82, 2.24) is 15.2 Å². The van der Waals surface area contributed by atoms with Crippen molar-refractivity contribution in [2.45, 2.75) is 30.4 Å². The van der Waals surface area contributed by atoms with Gasteiger partial charge in [0.1, 0.15) is 24.2 Å². The molecule has 3 N–H and O–H groups in total. The van der Waals surface area contributed by atoms with Gasteiger partial charge in [-0.15, -0.1) is 18.2 Å². The predicted octanol–water partition coefficient (Wildman–Crippen LogP) is 1.05. The van der Waals surface area contributed by atoms with E-state index < -0.39 is 11.8 Å². The van der Waals surface area contributed by atoms with E-state index >= 15 is 0 Å². The molecule has 2 heterocycles. The fourth-order valence-electron chi connectivity index (χ4n) is 3.48. The van der Waals surface area contributed by atoms with Crippen molar-refractivity contribution in [2.75, 3.05) is 57.2 Å². The van der Waals surface area contributed by atoms with Crippen LogP contribution in [0.4, 0.5) is 11.6 Å². The smallest absolute Gasteiger partial charge is 0.251 e. The minimum atomic E-state index is -0.887. The van der Waals surface area contributed by atoms with Crippen molar-refractivity contribution < 1.29 is 23.9 Å². The van der Waals surface area contributed by atoms with Crippen LogP contribution in [-0.2, 0) is 23.9 Å². The Morgan fingerprint density at radius 3 is 2.81 bits per heavy atom. The zero-order chi connectivity index (χ0) is 26.3. The Morgan fingerprint density at radius 1 is 1.33 bits per heavy atom. The number of nitrogens with one attached hydrogen (secondary N) is 3. The largest absolute Gasteiger partial charge is 0.382 e. The lowest BCUT2D eigenvalue weighted by molar-refractivity contribution is -0.131. The van der Waals surface area contributed by atoms with E-state index in [0.717, 1.165) is 0 Å². The average molecular weight is 517 g/mol. The molecule has 0 spiro atoms. The highest BCUT2D eigenvalue weighted by Gasteiger charge is 2.40. The first-order chi connectivity index (χ1) is 17.4. The number of carbonyl (C=O) groups excluding carboxylic acids is 3. The summed E-state index contributed by atoms with van der Waals surface area (Å²) in [5, 5.41) is 17.2. The van der Waals surface area contributed by atoms with Gasteiger partial charge in [0.05, 0.1) is 36.5 Å². The molecule has 11 nitrogen and oxygen atoms in total. The molecule has 1 aromatic heterocycles. The lowest BCUT2D eigenvalue weighted by atomic mass is 10.1. The molecule has 0 aromatic carbocycles. The Hall–Kier alpha value is -3.32. The molecule has 3 unspecified atom stereocenters. The summed E-state index contributed by atoms with van der Waals surface area (Å²) in [5.41, 5.74) is 0. The van der Waals surface area contributed by atoms with Gasteiger partial charge in [-0.1, -0.05) is 12.0 Å². The molecule has 3 amide bonds. The Balaban J connectivity index is 1.85. The highest BCUT2D eigenvalue weighted by molar-refractivity contribution is 8.01. The number of hydrogen-bond acceptors (Lipinski definition) is 9. The number of amides is 3. The first-order valence-electron chi connectivity index (χ1n) is 11.6. The molecule has 3 atom stereocenters. The van der Waals surface area contributed by atoms with Crippen LogP contribution < -0.4 is 16.0 Å². The van der Waals surface area contributed by atoms with Crippen LogP contribution in [0.5, 0.6) is 0 Å². The van der Waals surface area contributed by atoms with Crippen LogP contribution in [-0.4, -0.2) is 84.8 Å². The number of pyridine rings is 1. The quantitative estimate of drug-likeness (QED) is 0.230. The first-order valence-corrected chi connectivity index (χ1v) is 12.5. The van der Waals surface area contributed by atoms with Crippen LogP contribution in [0.3, 0.4) is 0 Å². The Morgan fingerprint density at radius 2 is 2.11 bits per heavy atom. The number of methoxy groups -OCH3 is 1. The maximum atomic E-state index is 12.9. The molecule has 1 saturated heterocycles. The van der Waals surface area contributed by atoms with E-state index in [1.54, 1.807) is 30.2 Å². The monoisotopic (exact) mass is 516 g/mol. The first kappa shape index (κ1) is 28.9. The molecule has 0 radical (unpaired) electrons. The summed E-state index contributed by atoms with van der Waals surface area (Å²) in [5.74, 6) is 1.60. The van der Waals surface area contributed by atoms with Crippen molar-refractivity contribution in [3.05, 3.63) is 18.2 Å². The minimum absolute atomic E-state index is 0.0162. The van der Waals surface area contributed by atoms with Gasteiger partial charge in [0.15, 0.2) is 0 Å². The van der Waals surface area contributed by atoms with E-state index in [9.17, 15) is 19.6 Å². The third-order valence-electron chi connectivity index (χ3n) is 5.24. The Bertz CT molecular complexity index is 978. The normalized spacial score (nSPS) is 17.7. The number of terminal acetylenes is 1. The van der Waals surface area contributed by atoms with Crippen molar-refractivity contribution >= 4 is 41.1 Å². The van der Waals surface area contributed by atoms with Crippen LogP contribution >= 0.6 is 11.8 Å². The third-order valence-corrected chi connectivity index (χ3v) is 6.76. The van der Waals surface area contributed by atoms with E-state index in [0.29, 0.717) is 44.4 Å². The van der Waals surface area contributed by atoms with Gasteiger partial charge >= 0.3 is 0 Å². The summed E-state index contributed by atoms with van der Waals surface area (Å²) < 4.78 is 10.1. The average Bonchev–Trinajstić information content (AvgIpc) is 3.17. The van der Waals surface area contributed by atoms with Gasteiger partial charge in [-0.3, -0.25) is 14.4 Å². The van der Waals surface area contributed by atoms with E-state index in [1.165, 1.54) is 11.8 Å². The topological polar surface area (TPSA) is 146 Å². The number of hydrogen-bond donors (Lipinski definition) is 3. The SMILES string of the molecule is C#CCNC(=O)C(C#N)CC1SC(CCNc2cccc(NC(=O)COCCOC)n2)C(=O)N1CC. The number of rotatable bonds is 15. The number of nitriles is 1. The van der Waals surface area contributed by atoms with Crippen LogP contribution in [0, 0.1) is 29.6 Å². The molecule has 36 heavy (non-hydrogen) atoms. The highest BCUT2D eigenvalue weighted by atomic mass is 32.2. The fourth-order valence-corrected chi connectivity index (χ4v) is 5.07. The van der Waals surface area contributed by atoms with Crippen LogP contribution in [0.15, 0.2) is 18.2 Å². The van der Waals surface area contributed by atoms with Crippen molar-refractivity contribution in [2.24, 2.45) is 5.92 Å². The van der Waals surface area contributed by atoms with E-state index in [1.807, 2.05) is 13.0 Å². The van der Waals surface area contributed by atoms with Gasteiger partial charge in [-0.2, -0.15) is 5.26 Å². The standard InChI is InChI=1S/C24H32N6O5S/c1-4-10-27-23(32)17(15-25)14-22-30(5-2)24(33)18(36-22)9-11-26-19-7-6-8-20(28-19)29-21(31)16-35-13-12-34-3/h1,6-8,17-18,22H,5,9-14,16H2,2-3H3,(H,27,32)(H2,26,28,29,31). The molecule has 1 fully saturated rings. The number of thioether (sulfide) groups is 1. The van der Waals surface area contributed by atoms with Gasteiger partial charge in [-0.05, 0) is 25.5 Å². The molecular weight excluding hydrogens is 484 g/mol.